The maximum Gasteiger partial charge on any atom is 0.316 e. The molecule has 1 aromatic heterocycles. The molecular formula is C20H23N9O4S. The third-order valence-corrected chi connectivity index (χ3v) is 5.36. The number of carbonyl (C=O) groups excluding carboxylic acids is 1. The Balaban J connectivity index is 2.04. The van der Waals surface area contributed by atoms with E-state index in [0.29, 0.717) is 28.6 Å². The van der Waals surface area contributed by atoms with Crippen LogP contribution in [0, 0.1) is 20.8 Å². The zero-order valence-corrected chi connectivity index (χ0v) is 19.6. The largest absolute Gasteiger partial charge is 0.357 e. The maximum atomic E-state index is 11.7. The fourth-order valence-electron chi connectivity index (χ4n) is 2.93. The van der Waals surface area contributed by atoms with Gasteiger partial charge < -0.3 is 21.7 Å². The van der Waals surface area contributed by atoms with Gasteiger partial charge in [-0.1, -0.05) is 6.07 Å². The molecule has 2 amide bonds. The summed E-state index contributed by atoms with van der Waals surface area (Å²) in [6.45, 7) is 5.17. The molecule has 3 aromatic rings. The number of carbonyl (C=O) groups is 1. The first-order valence-corrected chi connectivity index (χ1v) is 11.3. The standard InChI is InChI=1S/C20H23N9O4S/c1-10-5-6-13(17(7-10)34(31,32)33)28-29-16-8-11(2)14(9-15(16)25-18(21)30)26-20-24-12(3)23-19(22-4)27-20/h5-9H,1-4H3,(H3,21,25,30)(H,31,32,33)(H2,22,23,24,26,27). The highest BCUT2D eigenvalue weighted by atomic mass is 32.2. The Bertz CT molecular complexity index is 1390. The molecule has 1 heterocycles. The minimum atomic E-state index is -4.53. The van der Waals surface area contributed by atoms with Crippen molar-refractivity contribution >= 4 is 50.8 Å². The number of anilines is 4. The van der Waals surface area contributed by atoms with Gasteiger partial charge in [0.25, 0.3) is 10.1 Å². The fraction of sp³-hybridized carbons (Fsp3) is 0.200. The van der Waals surface area contributed by atoms with E-state index in [2.05, 4.69) is 41.1 Å². The topological polar surface area (TPSA) is 197 Å². The van der Waals surface area contributed by atoms with Crippen LogP contribution in [-0.2, 0) is 10.1 Å². The molecule has 0 aliphatic heterocycles. The van der Waals surface area contributed by atoms with Crippen molar-refractivity contribution in [3.63, 3.8) is 0 Å². The maximum absolute atomic E-state index is 11.7. The lowest BCUT2D eigenvalue weighted by Gasteiger charge is -2.13. The Morgan fingerprint density at radius 2 is 1.65 bits per heavy atom. The van der Waals surface area contributed by atoms with E-state index in [-0.39, 0.29) is 27.9 Å². The SMILES string of the molecule is CNc1nc(C)nc(Nc2cc(NC(N)=O)c(N=Nc3ccc(C)cc3S(=O)(=O)O)cc2C)n1. The second kappa shape index (κ2) is 9.76. The number of benzene rings is 2. The van der Waals surface area contributed by atoms with Crippen LogP contribution in [0.2, 0.25) is 0 Å². The van der Waals surface area contributed by atoms with E-state index in [4.69, 9.17) is 5.73 Å². The van der Waals surface area contributed by atoms with Crippen molar-refractivity contribution in [3.8, 4) is 0 Å². The predicted molar refractivity (Wildman–Crippen MR) is 127 cm³/mol. The lowest BCUT2D eigenvalue weighted by atomic mass is 10.1. The zero-order chi connectivity index (χ0) is 25.0. The minimum absolute atomic E-state index is 0.0711. The quantitative estimate of drug-likeness (QED) is 0.244. The van der Waals surface area contributed by atoms with Crippen LogP contribution in [0.4, 0.5) is 39.4 Å². The third kappa shape index (κ3) is 5.99. The van der Waals surface area contributed by atoms with Crippen molar-refractivity contribution in [1.29, 1.82) is 0 Å². The molecule has 0 bridgehead atoms. The number of aryl methyl sites for hydroxylation is 3. The molecule has 0 fully saturated rings. The van der Waals surface area contributed by atoms with Crippen LogP contribution in [0.1, 0.15) is 17.0 Å². The molecule has 2 aromatic carbocycles. The molecule has 0 atom stereocenters. The first-order valence-electron chi connectivity index (χ1n) is 9.84. The van der Waals surface area contributed by atoms with Gasteiger partial charge in [0.1, 0.15) is 22.1 Å². The molecule has 14 heteroatoms. The Kier molecular flexibility index (Phi) is 7.03. The molecule has 0 saturated carbocycles. The Morgan fingerprint density at radius 3 is 2.29 bits per heavy atom. The van der Waals surface area contributed by atoms with Crippen LogP contribution >= 0.6 is 0 Å². The van der Waals surface area contributed by atoms with Crippen LogP contribution in [0.25, 0.3) is 0 Å². The van der Waals surface area contributed by atoms with Gasteiger partial charge in [-0.15, -0.1) is 10.2 Å². The van der Waals surface area contributed by atoms with Gasteiger partial charge in [-0.3, -0.25) is 4.55 Å². The zero-order valence-electron chi connectivity index (χ0n) is 18.8. The number of urea groups is 1. The summed E-state index contributed by atoms with van der Waals surface area (Å²) in [6, 6.07) is 6.64. The summed E-state index contributed by atoms with van der Waals surface area (Å²) in [5.41, 5.74) is 7.48. The number of primary amides is 1. The fourth-order valence-corrected chi connectivity index (χ4v) is 3.64. The number of rotatable bonds is 7. The summed E-state index contributed by atoms with van der Waals surface area (Å²) in [7, 11) is -2.85. The molecule has 0 aliphatic carbocycles. The molecule has 13 nitrogen and oxygen atoms in total. The average Bonchev–Trinajstić information content (AvgIpc) is 2.74. The van der Waals surface area contributed by atoms with Gasteiger partial charge in [-0.05, 0) is 56.2 Å². The lowest BCUT2D eigenvalue weighted by molar-refractivity contribution is 0.259. The highest BCUT2D eigenvalue weighted by molar-refractivity contribution is 7.86. The Hall–Kier alpha value is -4.17. The Morgan fingerprint density at radius 1 is 0.971 bits per heavy atom. The van der Waals surface area contributed by atoms with E-state index < -0.39 is 16.1 Å². The molecule has 6 N–H and O–H groups in total. The summed E-state index contributed by atoms with van der Waals surface area (Å²) < 4.78 is 33.0. The monoisotopic (exact) mass is 485 g/mol. The van der Waals surface area contributed by atoms with Crippen LogP contribution in [0.5, 0.6) is 0 Å². The average molecular weight is 486 g/mol. The van der Waals surface area contributed by atoms with Crippen LogP contribution < -0.4 is 21.7 Å². The van der Waals surface area contributed by atoms with Gasteiger partial charge in [0.05, 0.1) is 5.69 Å². The van der Waals surface area contributed by atoms with E-state index >= 15 is 0 Å². The predicted octanol–water partition coefficient (Wildman–Crippen LogP) is 3.73. The second-order valence-corrected chi connectivity index (χ2v) is 8.61. The summed E-state index contributed by atoms with van der Waals surface area (Å²) in [4.78, 5) is 23.8. The van der Waals surface area contributed by atoms with E-state index in [9.17, 15) is 17.8 Å². The molecule has 3 rings (SSSR count). The van der Waals surface area contributed by atoms with Crippen LogP contribution in [0.15, 0.2) is 45.5 Å². The second-order valence-electron chi connectivity index (χ2n) is 7.22. The molecule has 0 radical (unpaired) electrons. The van der Waals surface area contributed by atoms with E-state index in [1.54, 1.807) is 46.0 Å². The van der Waals surface area contributed by atoms with Crippen molar-refractivity contribution < 1.29 is 17.8 Å². The van der Waals surface area contributed by atoms with Gasteiger partial charge in [0, 0.05) is 12.7 Å². The number of aromatic nitrogens is 3. The molecule has 0 unspecified atom stereocenters. The molecule has 0 saturated heterocycles. The molecule has 0 aliphatic rings. The minimum Gasteiger partial charge on any atom is -0.357 e. The first-order chi connectivity index (χ1) is 16.0. The summed E-state index contributed by atoms with van der Waals surface area (Å²) >= 11 is 0. The molecule has 178 valence electrons. The molecule has 34 heavy (non-hydrogen) atoms. The number of nitrogens with zero attached hydrogens (tertiary/aromatic N) is 5. The van der Waals surface area contributed by atoms with Crippen molar-refractivity contribution in [3.05, 3.63) is 47.3 Å². The number of hydrogen-bond donors (Lipinski definition) is 5. The summed E-state index contributed by atoms with van der Waals surface area (Å²) in [5.74, 6) is 1.14. The van der Waals surface area contributed by atoms with E-state index in [1.165, 1.54) is 12.1 Å². The van der Waals surface area contributed by atoms with Crippen molar-refractivity contribution in [2.45, 2.75) is 25.7 Å². The van der Waals surface area contributed by atoms with E-state index in [0.717, 1.165) is 0 Å². The number of hydrogen-bond acceptors (Lipinski definition) is 10. The van der Waals surface area contributed by atoms with Gasteiger partial charge in [-0.2, -0.15) is 23.4 Å². The summed E-state index contributed by atoms with van der Waals surface area (Å²) in [5, 5.41) is 16.4. The van der Waals surface area contributed by atoms with Crippen molar-refractivity contribution in [2.75, 3.05) is 23.0 Å². The lowest BCUT2D eigenvalue weighted by Crippen LogP contribution is -2.19. The number of amides is 2. The van der Waals surface area contributed by atoms with Gasteiger partial charge in [0.15, 0.2) is 0 Å². The molecular weight excluding hydrogens is 462 g/mol. The first kappa shape index (κ1) is 24.5. The van der Waals surface area contributed by atoms with Gasteiger partial charge in [0.2, 0.25) is 11.9 Å². The van der Waals surface area contributed by atoms with Crippen LogP contribution in [0.3, 0.4) is 0 Å². The Labute approximate surface area is 195 Å². The van der Waals surface area contributed by atoms with E-state index in [1.807, 2.05) is 0 Å². The van der Waals surface area contributed by atoms with Gasteiger partial charge in [-0.25, -0.2) is 4.79 Å². The van der Waals surface area contributed by atoms with Gasteiger partial charge >= 0.3 is 6.03 Å². The highest BCUT2D eigenvalue weighted by Gasteiger charge is 2.16. The normalized spacial score (nSPS) is 11.4. The molecule has 0 spiro atoms. The summed E-state index contributed by atoms with van der Waals surface area (Å²) in [6.07, 6.45) is 0. The number of nitrogens with one attached hydrogen (secondary N) is 3. The number of azo groups is 1. The third-order valence-electron chi connectivity index (χ3n) is 4.48. The number of nitrogens with two attached hydrogens (primary N) is 1. The smallest absolute Gasteiger partial charge is 0.316 e. The van der Waals surface area contributed by atoms with Crippen molar-refractivity contribution in [1.82, 2.24) is 15.0 Å². The highest BCUT2D eigenvalue weighted by Crippen LogP contribution is 2.35. The van der Waals surface area contributed by atoms with Crippen LogP contribution in [-0.4, -0.2) is 41.0 Å². The van der Waals surface area contributed by atoms with Crippen molar-refractivity contribution in [2.24, 2.45) is 16.0 Å².